The van der Waals surface area contributed by atoms with Gasteiger partial charge in [0.15, 0.2) is 5.76 Å². The monoisotopic (exact) mass is 407 g/mol. The summed E-state index contributed by atoms with van der Waals surface area (Å²) in [5.74, 6) is 0.740. The highest BCUT2D eigenvalue weighted by atomic mass is 127. The van der Waals surface area contributed by atoms with Crippen LogP contribution in [0, 0.1) is 10.5 Å². The highest BCUT2D eigenvalue weighted by Gasteiger charge is 2.13. The van der Waals surface area contributed by atoms with Crippen LogP contribution in [-0.2, 0) is 0 Å². The van der Waals surface area contributed by atoms with Gasteiger partial charge in [0.25, 0.3) is 5.91 Å². The number of anilines is 1. The number of carbonyl (C=O) groups excluding carboxylic acids is 1. The first-order chi connectivity index (χ1) is 10.6. The SMILES string of the molecule is COc1ccc2oc(C(=O)Nc3ccc(I)c(C)c3)cc2c1. The molecule has 1 amide bonds. The molecular weight excluding hydrogens is 393 g/mol. The molecule has 0 saturated carbocycles. The molecule has 112 valence electrons. The van der Waals surface area contributed by atoms with Crippen molar-refractivity contribution in [3.63, 3.8) is 0 Å². The Balaban J connectivity index is 1.86. The highest BCUT2D eigenvalue weighted by molar-refractivity contribution is 14.1. The van der Waals surface area contributed by atoms with E-state index in [1.165, 1.54) is 0 Å². The molecular formula is C17H14INO3. The number of rotatable bonds is 3. The van der Waals surface area contributed by atoms with Crippen LogP contribution >= 0.6 is 22.6 Å². The predicted octanol–water partition coefficient (Wildman–Crippen LogP) is 4.61. The van der Waals surface area contributed by atoms with Crippen molar-refractivity contribution < 1.29 is 13.9 Å². The molecule has 0 unspecified atom stereocenters. The summed E-state index contributed by atoms with van der Waals surface area (Å²) < 4.78 is 11.9. The summed E-state index contributed by atoms with van der Waals surface area (Å²) in [5.41, 5.74) is 2.53. The second-order valence-corrected chi connectivity index (χ2v) is 6.09. The molecule has 1 heterocycles. The number of furan rings is 1. The maximum atomic E-state index is 12.3. The Kier molecular flexibility index (Phi) is 4.06. The number of nitrogens with one attached hydrogen (secondary N) is 1. The van der Waals surface area contributed by atoms with Crippen molar-refractivity contribution in [2.45, 2.75) is 6.92 Å². The Morgan fingerprint density at radius 2 is 2.00 bits per heavy atom. The molecule has 4 nitrogen and oxygen atoms in total. The fraction of sp³-hybridized carbons (Fsp3) is 0.118. The third-order valence-electron chi connectivity index (χ3n) is 3.36. The molecule has 0 bridgehead atoms. The number of methoxy groups -OCH3 is 1. The van der Waals surface area contributed by atoms with E-state index in [4.69, 9.17) is 9.15 Å². The van der Waals surface area contributed by atoms with Gasteiger partial charge in [-0.15, -0.1) is 0 Å². The number of amides is 1. The molecule has 1 N–H and O–H groups in total. The van der Waals surface area contributed by atoms with Crippen molar-refractivity contribution in [3.05, 3.63) is 57.4 Å². The highest BCUT2D eigenvalue weighted by Crippen LogP contribution is 2.25. The molecule has 22 heavy (non-hydrogen) atoms. The maximum absolute atomic E-state index is 12.3. The van der Waals surface area contributed by atoms with E-state index in [2.05, 4.69) is 27.9 Å². The summed E-state index contributed by atoms with van der Waals surface area (Å²) in [6.07, 6.45) is 0. The van der Waals surface area contributed by atoms with E-state index in [1.54, 1.807) is 25.3 Å². The molecule has 3 rings (SSSR count). The van der Waals surface area contributed by atoms with Gasteiger partial charge in [0.2, 0.25) is 0 Å². The van der Waals surface area contributed by atoms with Crippen LogP contribution < -0.4 is 10.1 Å². The zero-order valence-corrected chi connectivity index (χ0v) is 14.3. The van der Waals surface area contributed by atoms with Gasteiger partial charge < -0.3 is 14.5 Å². The van der Waals surface area contributed by atoms with Crippen LogP contribution in [0.5, 0.6) is 5.75 Å². The topological polar surface area (TPSA) is 51.5 Å². The standard InChI is InChI=1S/C17H14INO3/c1-10-7-12(3-5-14(10)18)19-17(20)16-9-11-8-13(21-2)4-6-15(11)22-16/h3-9H,1-2H3,(H,19,20). The molecule has 0 spiro atoms. The lowest BCUT2D eigenvalue weighted by atomic mass is 10.2. The van der Waals surface area contributed by atoms with E-state index in [0.29, 0.717) is 5.58 Å². The number of halogens is 1. The van der Waals surface area contributed by atoms with Gasteiger partial charge >= 0.3 is 0 Å². The second kappa shape index (κ2) is 6.00. The molecule has 0 aliphatic rings. The largest absolute Gasteiger partial charge is 0.497 e. The van der Waals surface area contributed by atoms with Crippen molar-refractivity contribution in [1.82, 2.24) is 0 Å². The minimum Gasteiger partial charge on any atom is -0.497 e. The van der Waals surface area contributed by atoms with Crippen molar-refractivity contribution in [3.8, 4) is 5.75 Å². The fourth-order valence-electron chi connectivity index (χ4n) is 2.18. The number of ether oxygens (including phenoxy) is 1. The van der Waals surface area contributed by atoms with Gasteiger partial charge in [-0.3, -0.25) is 4.79 Å². The number of aryl methyl sites for hydroxylation is 1. The van der Waals surface area contributed by atoms with Gasteiger partial charge in [0, 0.05) is 14.6 Å². The van der Waals surface area contributed by atoms with Crippen molar-refractivity contribution in [2.24, 2.45) is 0 Å². The number of hydrogen-bond donors (Lipinski definition) is 1. The Labute approximate surface area is 141 Å². The first kappa shape index (κ1) is 14.9. The van der Waals surface area contributed by atoms with Gasteiger partial charge in [-0.25, -0.2) is 0 Å². The zero-order chi connectivity index (χ0) is 15.7. The summed E-state index contributed by atoms with van der Waals surface area (Å²) in [6, 6.07) is 12.9. The molecule has 0 radical (unpaired) electrons. The zero-order valence-electron chi connectivity index (χ0n) is 12.1. The Morgan fingerprint density at radius 1 is 1.18 bits per heavy atom. The van der Waals surface area contributed by atoms with Crippen LogP contribution in [0.25, 0.3) is 11.0 Å². The van der Waals surface area contributed by atoms with Crippen LogP contribution in [-0.4, -0.2) is 13.0 Å². The van der Waals surface area contributed by atoms with Crippen molar-refractivity contribution >= 4 is 45.2 Å². The summed E-state index contributed by atoms with van der Waals surface area (Å²) in [4.78, 5) is 12.3. The Hall–Kier alpha value is -2.02. The minimum absolute atomic E-state index is 0.268. The first-order valence-corrected chi connectivity index (χ1v) is 7.80. The van der Waals surface area contributed by atoms with E-state index in [-0.39, 0.29) is 11.7 Å². The Bertz CT molecular complexity index is 854. The molecule has 0 fully saturated rings. The van der Waals surface area contributed by atoms with Crippen LogP contribution in [0.1, 0.15) is 16.1 Å². The molecule has 0 atom stereocenters. The van der Waals surface area contributed by atoms with E-state index in [9.17, 15) is 4.79 Å². The van der Waals surface area contributed by atoms with Crippen molar-refractivity contribution in [1.29, 1.82) is 0 Å². The van der Waals surface area contributed by atoms with E-state index < -0.39 is 0 Å². The van der Waals surface area contributed by atoms with Crippen LogP contribution in [0.2, 0.25) is 0 Å². The lowest BCUT2D eigenvalue weighted by Gasteiger charge is -2.05. The molecule has 3 aromatic rings. The average Bonchev–Trinajstić information content (AvgIpc) is 2.94. The fourth-order valence-corrected chi connectivity index (χ4v) is 2.51. The maximum Gasteiger partial charge on any atom is 0.291 e. The predicted molar refractivity (Wildman–Crippen MR) is 94.6 cm³/mol. The smallest absolute Gasteiger partial charge is 0.291 e. The summed E-state index contributed by atoms with van der Waals surface area (Å²) in [7, 11) is 1.61. The number of fused-ring (bicyclic) bond motifs is 1. The second-order valence-electron chi connectivity index (χ2n) is 4.93. The van der Waals surface area contributed by atoms with Gasteiger partial charge in [-0.05, 0) is 77.5 Å². The van der Waals surface area contributed by atoms with Crippen molar-refractivity contribution in [2.75, 3.05) is 12.4 Å². The van der Waals surface area contributed by atoms with E-state index in [1.807, 2.05) is 31.2 Å². The summed E-state index contributed by atoms with van der Waals surface area (Å²) in [5, 5.41) is 3.68. The van der Waals surface area contributed by atoms with Crippen LogP contribution in [0.3, 0.4) is 0 Å². The minimum atomic E-state index is -0.268. The number of carbonyl (C=O) groups is 1. The van der Waals surface area contributed by atoms with E-state index >= 15 is 0 Å². The molecule has 1 aromatic heterocycles. The molecule has 5 heteroatoms. The van der Waals surface area contributed by atoms with Gasteiger partial charge in [-0.1, -0.05) is 0 Å². The molecule has 0 aliphatic heterocycles. The van der Waals surface area contributed by atoms with Crippen LogP contribution in [0.4, 0.5) is 5.69 Å². The molecule has 2 aromatic carbocycles. The van der Waals surface area contributed by atoms with Gasteiger partial charge in [0.05, 0.1) is 7.11 Å². The number of hydrogen-bond acceptors (Lipinski definition) is 3. The lowest BCUT2D eigenvalue weighted by Crippen LogP contribution is -2.10. The quantitative estimate of drug-likeness (QED) is 0.646. The van der Waals surface area contributed by atoms with Crippen LogP contribution in [0.15, 0.2) is 46.9 Å². The first-order valence-electron chi connectivity index (χ1n) is 6.72. The van der Waals surface area contributed by atoms with Gasteiger partial charge in [-0.2, -0.15) is 0 Å². The third-order valence-corrected chi connectivity index (χ3v) is 4.57. The molecule has 0 aliphatic carbocycles. The summed E-state index contributed by atoms with van der Waals surface area (Å²) >= 11 is 2.26. The van der Waals surface area contributed by atoms with Gasteiger partial charge in [0.1, 0.15) is 11.3 Å². The Morgan fingerprint density at radius 3 is 2.73 bits per heavy atom. The lowest BCUT2D eigenvalue weighted by molar-refractivity contribution is 0.0998. The number of benzene rings is 2. The molecule has 0 saturated heterocycles. The summed E-state index contributed by atoms with van der Waals surface area (Å²) in [6.45, 7) is 2.00. The average molecular weight is 407 g/mol. The normalized spacial score (nSPS) is 10.7. The van der Waals surface area contributed by atoms with E-state index in [0.717, 1.165) is 26.0 Å². The third kappa shape index (κ3) is 2.94.